The topological polar surface area (TPSA) is 121 Å². The number of carbonyl (C=O) groups is 1. The van der Waals surface area contributed by atoms with Gasteiger partial charge in [-0.3, -0.25) is 14.9 Å². The van der Waals surface area contributed by atoms with Crippen LogP contribution in [0.2, 0.25) is 0 Å². The van der Waals surface area contributed by atoms with Crippen LogP contribution in [0.3, 0.4) is 0 Å². The highest BCUT2D eigenvalue weighted by Gasteiger charge is 2.15. The first kappa shape index (κ1) is 21.8. The fraction of sp³-hybridized carbons (Fsp3) is 0.174. The maximum atomic E-state index is 12.5. The molecule has 0 aliphatic rings. The molecule has 10 nitrogen and oxygen atoms in total. The van der Waals surface area contributed by atoms with Crippen molar-refractivity contribution < 1.29 is 19.2 Å². The molecule has 0 radical (unpaired) electrons. The SMILES string of the molecule is COc1cccc2c(C)cc(-n3nc(C)cc3NC(=O)COc3ccc([N+](=O)[O-])cc3)nc12. The van der Waals surface area contributed by atoms with Gasteiger partial charge < -0.3 is 14.8 Å². The lowest BCUT2D eigenvalue weighted by Crippen LogP contribution is -2.22. The minimum atomic E-state index is -0.502. The number of hydrogen-bond acceptors (Lipinski definition) is 7. The second kappa shape index (κ2) is 8.95. The lowest BCUT2D eigenvalue weighted by atomic mass is 10.1. The van der Waals surface area contributed by atoms with E-state index in [9.17, 15) is 14.9 Å². The lowest BCUT2D eigenvalue weighted by molar-refractivity contribution is -0.384. The average molecular weight is 447 g/mol. The smallest absolute Gasteiger partial charge is 0.269 e. The Kier molecular flexibility index (Phi) is 5.90. The molecule has 2 heterocycles. The number of non-ortho nitro benzene ring substituents is 1. The van der Waals surface area contributed by atoms with Gasteiger partial charge in [-0.2, -0.15) is 9.78 Å². The van der Waals surface area contributed by atoms with Gasteiger partial charge in [0.05, 0.1) is 17.7 Å². The number of aryl methyl sites for hydroxylation is 2. The maximum Gasteiger partial charge on any atom is 0.269 e. The van der Waals surface area contributed by atoms with E-state index < -0.39 is 10.8 Å². The van der Waals surface area contributed by atoms with Gasteiger partial charge in [0.15, 0.2) is 12.4 Å². The first-order valence-electron chi connectivity index (χ1n) is 10.0. The normalized spacial score (nSPS) is 10.8. The molecule has 1 amide bonds. The molecular weight excluding hydrogens is 426 g/mol. The number of fused-ring (bicyclic) bond motifs is 1. The standard InChI is InChI=1S/C23H21N5O5/c1-14-11-20(25-23-18(14)5-4-6-19(23)32-3)27-21(12-15(2)26-27)24-22(29)13-33-17-9-7-16(8-10-17)28(30)31/h4-12H,13H2,1-3H3,(H,24,29). The second-order valence-corrected chi connectivity index (χ2v) is 7.32. The van der Waals surface area contributed by atoms with Gasteiger partial charge in [-0.25, -0.2) is 4.98 Å². The number of pyridine rings is 1. The molecule has 33 heavy (non-hydrogen) atoms. The van der Waals surface area contributed by atoms with Crippen molar-refractivity contribution in [1.82, 2.24) is 14.8 Å². The van der Waals surface area contributed by atoms with Crippen LogP contribution in [0.1, 0.15) is 11.3 Å². The molecule has 0 fully saturated rings. The van der Waals surface area contributed by atoms with Crippen LogP contribution in [-0.4, -0.2) is 39.3 Å². The fourth-order valence-electron chi connectivity index (χ4n) is 3.40. The predicted molar refractivity (Wildman–Crippen MR) is 122 cm³/mol. The summed E-state index contributed by atoms with van der Waals surface area (Å²) in [6.45, 7) is 3.51. The number of nitro benzene ring substituents is 1. The number of nitrogens with one attached hydrogen (secondary N) is 1. The molecule has 1 N–H and O–H groups in total. The van der Waals surface area contributed by atoms with Gasteiger partial charge in [-0.15, -0.1) is 0 Å². The number of anilines is 1. The third kappa shape index (κ3) is 4.59. The van der Waals surface area contributed by atoms with Gasteiger partial charge in [0.25, 0.3) is 11.6 Å². The number of nitrogens with zero attached hydrogens (tertiary/aromatic N) is 4. The Morgan fingerprint density at radius 3 is 2.61 bits per heavy atom. The van der Waals surface area contributed by atoms with E-state index in [1.807, 2.05) is 38.1 Å². The van der Waals surface area contributed by atoms with Crippen molar-refractivity contribution in [2.24, 2.45) is 0 Å². The molecule has 0 atom stereocenters. The quantitative estimate of drug-likeness (QED) is 0.336. The number of nitro groups is 1. The number of methoxy groups -OCH3 is 1. The van der Waals surface area contributed by atoms with E-state index in [1.54, 1.807) is 17.9 Å². The summed E-state index contributed by atoms with van der Waals surface area (Å²) in [6.07, 6.45) is 0. The summed E-state index contributed by atoms with van der Waals surface area (Å²) in [5.41, 5.74) is 2.32. The van der Waals surface area contributed by atoms with E-state index in [0.29, 0.717) is 34.3 Å². The number of amides is 1. The number of carbonyl (C=O) groups excluding carboxylic acids is 1. The number of ether oxygens (including phenoxy) is 2. The third-order valence-electron chi connectivity index (χ3n) is 4.95. The zero-order valence-corrected chi connectivity index (χ0v) is 18.2. The van der Waals surface area contributed by atoms with Crippen LogP contribution in [0.4, 0.5) is 11.5 Å². The highest BCUT2D eigenvalue weighted by atomic mass is 16.6. The van der Waals surface area contributed by atoms with Crippen LogP contribution < -0.4 is 14.8 Å². The number of para-hydroxylation sites is 1. The number of rotatable bonds is 7. The molecule has 0 aliphatic carbocycles. The summed E-state index contributed by atoms with van der Waals surface area (Å²) in [5.74, 6) is 1.54. The molecule has 168 valence electrons. The molecule has 0 saturated heterocycles. The molecule has 0 spiro atoms. The Bertz CT molecular complexity index is 1350. The molecule has 2 aromatic heterocycles. The summed E-state index contributed by atoms with van der Waals surface area (Å²) >= 11 is 0. The summed E-state index contributed by atoms with van der Waals surface area (Å²) in [6, 6.07) is 14.8. The minimum Gasteiger partial charge on any atom is -0.494 e. The minimum absolute atomic E-state index is 0.0546. The summed E-state index contributed by atoms with van der Waals surface area (Å²) in [4.78, 5) is 27.5. The number of hydrogen-bond donors (Lipinski definition) is 1. The van der Waals surface area contributed by atoms with Crippen LogP contribution in [-0.2, 0) is 4.79 Å². The summed E-state index contributed by atoms with van der Waals surface area (Å²) in [5, 5.41) is 19.0. The van der Waals surface area contributed by atoms with Crippen molar-refractivity contribution in [3.05, 3.63) is 76.0 Å². The number of aromatic nitrogens is 3. The predicted octanol–water partition coefficient (Wildman–Crippen LogP) is 3.97. The van der Waals surface area contributed by atoms with Crippen molar-refractivity contribution in [3.8, 4) is 17.3 Å². The van der Waals surface area contributed by atoms with E-state index in [1.165, 1.54) is 24.3 Å². The van der Waals surface area contributed by atoms with Gasteiger partial charge in [-0.05, 0) is 43.7 Å². The molecular formula is C23H21N5O5. The van der Waals surface area contributed by atoms with Crippen molar-refractivity contribution in [2.75, 3.05) is 19.0 Å². The third-order valence-corrected chi connectivity index (χ3v) is 4.95. The van der Waals surface area contributed by atoms with Crippen LogP contribution in [0, 0.1) is 24.0 Å². The molecule has 4 aromatic rings. The van der Waals surface area contributed by atoms with Crippen molar-refractivity contribution >= 4 is 28.3 Å². The zero-order valence-electron chi connectivity index (χ0n) is 18.2. The van der Waals surface area contributed by atoms with E-state index in [4.69, 9.17) is 14.5 Å². The molecule has 2 aromatic carbocycles. The lowest BCUT2D eigenvalue weighted by Gasteiger charge is -2.12. The Morgan fingerprint density at radius 1 is 1.15 bits per heavy atom. The Balaban J connectivity index is 1.55. The summed E-state index contributed by atoms with van der Waals surface area (Å²) in [7, 11) is 1.59. The van der Waals surface area contributed by atoms with Crippen LogP contribution in [0.5, 0.6) is 11.5 Å². The van der Waals surface area contributed by atoms with Gasteiger partial charge in [-0.1, -0.05) is 12.1 Å². The highest BCUT2D eigenvalue weighted by molar-refractivity contribution is 5.92. The molecule has 0 unspecified atom stereocenters. The first-order valence-corrected chi connectivity index (χ1v) is 10.0. The summed E-state index contributed by atoms with van der Waals surface area (Å²) < 4.78 is 12.4. The zero-order chi connectivity index (χ0) is 23.5. The Labute approximate surface area is 188 Å². The van der Waals surface area contributed by atoms with E-state index in [2.05, 4.69) is 10.4 Å². The van der Waals surface area contributed by atoms with E-state index in [-0.39, 0.29) is 12.3 Å². The Morgan fingerprint density at radius 2 is 1.91 bits per heavy atom. The van der Waals surface area contributed by atoms with Gasteiger partial charge in [0.1, 0.15) is 22.8 Å². The van der Waals surface area contributed by atoms with Gasteiger partial charge in [0.2, 0.25) is 0 Å². The van der Waals surface area contributed by atoms with Crippen LogP contribution >= 0.6 is 0 Å². The first-order chi connectivity index (χ1) is 15.9. The largest absolute Gasteiger partial charge is 0.494 e. The second-order valence-electron chi connectivity index (χ2n) is 7.32. The monoisotopic (exact) mass is 447 g/mol. The molecule has 4 rings (SSSR count). The fourth-order valence-corrected chi connectivity index (χ4v) is 3.40. The van der Waals surface area contributed by atoms with E-state index in [0.717, 1.165) is 10.9 Å². The molecule has 0 bridgehead atoms. The molecule has 10 heteroatoms. The number of benzene rings is 2. The van der Waals surface area contributed by atoms with Gasteiger partial charge >= 0.3 is 0 Å². The maximum absolute atomic E-state index is 12.5. The van der Waals surface area contributed by atoms with E-state index >= 15 is 0 Å². The molecule has 0 saturated carbocycles. The van der Waals surface area contributed by atoms with Crippen molar-refractivity contribution in [1.29, 1.82) is 0 Å². The van der Waals surface area contributed by atoms with Crippen molar-refractivity contribution in [2.45, 2.75) is 13.8 Å². The molecule has 0 aliphatic heterocycles. The average Bonchev–Trinajstić information content (AvgIpc) is 3.17. The van der Waals surface area contributed by atoms with Crippen molar-refractivity contribution in [3.63, 3.8) is 0 Å². The Hall–Kier alpha value is -4.47. The van der Waals surface area contributed by atoms with Gasteiger partial charge in [0, 0.05) is 23.6 Å². The van der Waals surface area contributed by atoms with Crippen LogP contribution in [0.15, 0.2) is 54.6 Å². The van der Waals surface area contributed by atoms with Crippen LogP contribution in [0.25, 0.3) is 16.7 Å². The highest BCUT2D eigenvalue weighted by Crippen LogP contribution is 2.28.